The van der Waals surface area contributed by atoms with E-state index in [0.717, 1.165) is 0 Å². The third kappa shape index (κ3) is 3.64. The Kier molecular flexibility index (Phi) is 4.30. The molecule has 0 bridgehead atoms. The molecule has 0 atom stereocenters. The van der Waals surface area contributed by atoms with Crippen LogP contribution in [0, 0.1) is 5.82 Å². The van der Waals surface area contributed by atoms with Crippen molar-refractivity contribution in [2.75, 3.05) is 10.6 Å². The summed E-state index contributed by atoms with van der Waals surface area (Å²) in [5, 5.41) is 5.54. The van der Waals surface area contributed by atoms with Crippen molar-refractivity contribution in [2.45, 2.75) is 6.42 Å². The van der Waals surface area contributed by atoms with Gasteiger partial charge in [0, 0.05) is 5.69 Å². The van der Waals surface area contributed by atoms with Gasteiger partial charge >= 0.3 is 0 Å². The normalized spacial score (nSPS) is 12.1. The fraction of sp³-hybridized carbons (Fsp3) is 0.0476. The van der Waals surface area contributed by atoms with E-state index in [1.807, 2.05) is 6.07 Å². The summed E-state index contributed by atoms with van der Waals surface area (Å²) in [6.45, 7) is 0. The molecule has 6 heteroatoms. The summed E-state index contributed by atoms with van der Waals surface area (Å²) in [6.07, 6.45) is 0.103. The third-order valence-corrected chi connectivity index (χ3v) is 4.14. The second-order valence-corrected chi connectivity index (χ2v) is 6.11. The van der Waals surface area contributed by atoms with Crippen molar-refractivity contribution >= 4 is 23.2 Å². The quantitative estimate of drug-likeness (QED) is 0.727. The van der Waals surface area contributed by atoms with Gasteiger partial charge in [-0.2, -0.15) is 0 Å². The van der Waals surface area contributed by atoms with Gasteiger partial charge in [0.25, 0.3) is 5.91 Å². The molecule has 5 nitrogen and oxygen atoms in total. The number of anilines is 2. The molecule has 1 aliphatic rings. The number of hydrogen-bond donors (Lipinski definition) is 2. The fourth-order valence-corrected chi connectivity index (χ4v) is 2.83. The molecule has 27 heavy (non-hydrogen) atoms. The summed E-state index contributed by atoms with van der Waals surface area (Å²) >= 11 is 0. The number of rotatable bonds is 3. The second kappa shape index (κ2) is 6.92. The molecule has 0 aliphatic carbocycles. The molecule has 2 amide bonds. The van der Waals surface area contributed by atoms with E-state index >= 15 is 0 Å². The number of nitrogens with one attached hydrogen (secondary N) is 2. The summed E-state index contributed by atoms with van der Waals surface area (Å²) in [7, 11) is 0. The van der Waals surface area contributed by atoms with E-state index < -0.39 is 0 Å². The molecule has 4 rings (SSSR count). The average molecular weight is 362 g/mol. The Hall–Kier alpha value is -3.67. The van der Waals surface area contributed by atoms with Crippen LogP contribution >= 0.6 is 0 Å². The number of amides is 2. The molecule has 0 radical (unpaired) electrons. The van der Waals surface area contributed by atoms with Crippen molar-refractivity contribution in [1.82, 2.24) is 0 Å². The largest absolute Gasteiger partial charge is 0.454 e. The van der Waals surface area contributed by atoms with Crippen molar-refractivity contribution in [3.63, 3.8) is 0 Å². The molecule has 0 aromatic heterocycles. The van der Waals surface area contributed by atoms with Crippen LogP contribution in [-0.4, -0.2) is 11.8 Å². The molecule has 2 N–H and O–H groups in total. The lowest BCUT2D eigenvalue weighted by Crippen LogP contribution is -2.15. The lowest BCUT2D eigenvalue weighted by Gasteiger charge is -2.10. The predicted octanol–water partition coefficient (Wildman–Crippen LogP) is 4.36. The number of carbonyl (C=O) groups is 2. The number of fused-ring (bicyclic) bond motifs is 2. The minimum atomic E-state index is -0.350. The zero-order valence-electron chi connectivity index (χ0n) is 14.2. The number of ether oxygens (including phenoxy) is 1. The van der Waals surface area contributed by atoms with Crippen LogP contribution in [0.1, 0.15) is 15.9 Å². The smallest absolute Gasteiger partial charge is 0.259 e. The average Bonchev–Trinajstić information content (AvgIpc) is 2.79. The van der Waals surface area contributed by atoms with Gasteiger partial charge in [-0.1, -0.05) is 24.3 Å². The Balaban J connectivity index is 1.53. The topological polar surface area (TPSA) is 67.4 Å². The minimum Gasteiger partial charge on any atom is -0.454 e. The Morgan fingerprint density at radius 1 is 1.00 bits per heavy atom. The first-order valence-electron chi connectivity index (χ1n) is 8.35. The SMILES string of the molecule is O=C(Cc1ccc(F)cc1)Nc1ccc2c(c1)C(=O)Nc1ccccc1O2. The maximum Gasteiger partial charge on any atom is 0.259 e. The van der Waals surface area contributed by atoms with Gasteiger partial charge in [0.2, 0.25) is 5.91 Å². The number of halogens is 1. The van der Waals surface area contributed by atoms with Gasteiger partial charge < -0.3 is 15.4 Å². The van der Waals surface area contributed by atoms with Crippen molar-refractivity contribution in [3.8, 4) is 11.5 Å². The predicted molar refractivity (Wildman–Crippen MR) is 99.6 cm³/mol. The van der Waals surface area contributed by atoms with Crippen LogP contribution in [0.3, 0.4) is 0 Å². The lowest BCUT2D eigenvalue weighted by molar-refractivity contribution is -0.115. The molecular formula is C21H15FN2O3. The van der Waals surface area contributed by atoms with Crippen LogP contribution in [0.25, 0.3) is 0 Å². The van der Waals surface area contributed by atoms with Crippen molar-refractivity contribution in [1.29, 1.82) is 0 Å². The third-order valence-electron chi connectivity index (χ3n) is 4.14. The van der Waals surface area contributed by atoms with Crippen LogP contribution in [0.4, 0.5) is 15.8 Å². The molecule has 0 fully saturated rings. The molecule has 1 aliphatic heterocycles. The molecule has 134 valence electrons. The molecule has 0 saturated heterocycles. The van der Waals surface area contributed by atoms with Gasteiger partial charge in [-0.15, -0.1) is 0 Å². The number of hydrogen-bond acceptors (Lipinski definition) is 3. The Bertz CT molecular complexity index is 1030. The van der Waals surface area contributed by atoms with Crippen LogP contribution in [0.5, 0.6) is 11.5 Å². The number of carbonyl (C=O) groups excluding carboxylic acids is 2. The van der Waals surface area contributed by atoms with E-state index in [2.05, 4.69) is 10.6 Å². The van der Waals surface area contributed by atoms with Crippen molar-refractivity contribution in [3.05, 3.63) is 83.7 Å². The Labute approximate surface area is 154 Å². The van der Waals surface area contributed by atoms with Crippen LogP contribution in [0.15, 0.2) is 66.7 Å². The molecule has 0 unspecified atom stereocenters. The van der Waals surface area contributed by atoms with Crippen LogP contribution in [0.2, 0.25) is 0 Å². The zero-order valence-corrected chi connectivity index (χ0v) is 14.2. The zero-order chi connectivity index (χ0) is 18.8. The maximum atomic E-state index is 12.9. The molecule has 3 aromatic rings. The summed E-state index contributed by atoms with van der Waals surface area (Å²) in [5.41, 5.74) is 2.08. The molecular weight excluding hydrogens is 347 g/mol. The van der Waals surface area contributed by atoms with Gasteiger partial charge in [-0.05, 0) is 48.0 Å². The number of para-hydroxylation sites is 2. The van der Waals surface area contributed by atoms with Crippen LogP contribution < -0.4 is 15.4 Å². The summed E-state index contributed by atoms with van der Waals surface area (Å²) < 4.78 is 18.8. The number of benzene rings is 3. The molecule has 0 spiro atoms. The standard InChI is InChI=1S/C21H15FN2O3/c22-14-7-5-13(6-8-14)11-20(25)23-15-9-10-18-16(12-15)21(26)24-17-3-1-2-4-19(17)27-18/h1-10,12H,11H2,(H,23,25)(H,24,26). The second-order valence-electron chi connectivity index (χ2n) is 6.11. The van der Waals surface area contributed by atoms with Crippen molar-refractivity contribution < 1.29 is 18.7 Å². The van der Waals surface area contributed by atoms with Gasteiger partial charge in [0.1, 0.15) is 11.6 Å². The maximum absolute atomic E-state index is 12.9. The fourth-order valence-electron chi connectivity index (χ4n) is 2.83. The van der Waals surface area contributed by atoms with E-state index in [1.54, 1.807) is 48.5 Å². The van der Waals surface area contributed by atoms with Gasteiger partial charge in [-0.25, -0.2) is 4.39 Å². The summed E-state index contributed by atoms with van der Waals surface area (Å²) in [4.78, 5) is 24.7. The van der Waals surface area contributed by atoms with E-state index in [0.29, 0.717) is 34.0 Å². The van der Waals surface area contributed by atoms with E-state index in [4.69, 9.17) is 4.74 Å². The lowest BCUT2D eigenvalue weighted by atomic mass is 10.1. The first-order valence-corrected chi connectivity index (χ1v) is 8.35. The highest BCUT2D eigenvalue weighted by molar-refractivity contribution is 6.09. The van der Waals surface area contributed by atoms with Gasteiger partial charge in [0.15, 0.2) is 5.75 Å². The Morgan fingerprint density at radius 2 is 1.78 bits per heavy atom. The summed E-state index contributed by atoms with van der Waals surface area (Å²) in [6, 6.07) is 17.8. The van der Waals surface area contributed by atoms with E-state index in [1.165, 1.54) is 12.1 Å². The summed E-state index contributed by atoms with van der Waals surface area (Å²) in [5.74, 6) is 0.0352. The molecule has 1 heterocycles. The van der Waals surface area contributed by atoms with E-state index in [9.17, 15) is 14.0 Å². The van der Waals surface area contributed by atoms with Crippen molar-refractivity contribution in [2.24, 2.45) is 0 Å². The first-order chi connectivity index (χ1) is 13.1. The van der Waals surface area contributed by atoms with Gasteiger partial charge in [0.05, 0.1) is 17.7 Å². The van der Waals surface area contributed by atoms with Crippen LogP contribution in [-0.2, 0) is 11.2 Å². The van der Waals surface area contributed by atoms with E-state index in [-0.39, 0.29) is 24.1 Å². The van der Waals surface area contributed by atoms with Gasteiger partial charge in [-0.3, -0.25) is 9.59 Å². The minimum absolute atomic E-state index is 0.103. The highest BCUT2D eigenvalue weighted by Crippen LogP contribution is 2.36. The first kappa shape index (κ1) is 16.8. The molecule has 0 saturated carbocycles. The molecule has 3 aromatic carbocycles. The highest BCUT2D eigenvalue weighted by atomic mass is 19.1. The Morgan fingerprint density at radius 3 is 2.59 bits per heavy atom. The highest BCUT2D eigenvalue weighted by Gasteiger charge is 2.21. The monoisotopic (exact) mass is 362 g/mol.